The van der Waals surface area contributed by atoms with E-state index in [9.17, 15) is 18.0 Å². The number of hydrogen-bond acceptors (Lipinski definition) is 7. The van der Waals surface area contributed by atoms with Gasteiger partial charge in [0.25, 0.3) is 5.91 Å². The third kappa shape index (κ3) is 4.76. The third-order valence-electron chi connectivity index (χ3n) is 5.33. The molecule has 2 aromatic heterocycles. The molecule has 8 nitrogen and oxygen atoms in total. The molecular formula is C22H23N3O5S2. The van der Waals surface area contributed by atoms with Gasteiger partial charge in [-0.1, -0.05) is 24.3 Å². The van der Waals surface area contributed by atoms with E-state index >= 15 is 0 Å². The Morgan fingerprint density at radius 3 is 2.62 bits per heavy atom. The summed E-state index contributed by atoms with van der Waals surface area (Å²) in [6.45, 7) is 1.67. The number of amides is 1. The summed E-state index contributed by atoms with van der Waals surface area (Å²) >= 11 is 1.51. The summed E-state index contributed by atoms with van der Waals surface area (Å²) in [5.41, 5.74) is 1.53. The standard InChI is InChI=1S/C22H23N3O5S2/c1-2-24(17-10-12-32(28,29)15-17)21(26)14-30-22(27)19-13-18(20-9-6-11-31-20)23-25(19)16-7-4-3-5-8-16/h3-9,11,13,17H,2,10,12,14-15H2,1H3. The Kier molecular flexibility index (Phi) is 6.43. The monoisotopic (exact) mass is 473 g/mol. The Morgan fingerprint density at radius 1 is 1.22 bits per heavy atom. The molecule has 32 heavy (non-hydrogen) atoms. The SMILES string of the molecule is CCN(C(=O)COC(=O)c1cc(-c2cccs2)nn1-c1ccccc1)C1CCS(=O)(=O)C1. The molecule has 1 saturated heterocycles. The summed E-state index contributed by atoms with van der Waals surface area (Å²) in [6.07, 6.45) is 0.404. The molecule has 168 valence electrons. The number of benzene rings is 1. The van der Waals surface area contributed by atoms with Gasteiger partial charge in [0.2, 0.25) is 0 Å². The van der Waals surface area contributed by atoms with E-state index in [-0.39, 0.29) is 23.2 Å². The van der Waals surface area contributed by atoms with Crippen molar-refractivity contribution in [3.63, 3.8) is 0 Å². The minimum atomic E-state index is -3.13. The minimum Gasteiger partial charge on any atom is -0.451 e. The van der Waals surface area contributed by atoms with E-state index < -0.39 is 28.3 Å². The van der Waals surface area contributed by atoms with E-state index in [0.29, 0.717) is 24.3 Å². The molecule has 3 aromatic rings. The van der Waals surface area contributed by atoms with Crippen molar-refractivity contribution in [2.75, 3.05) is 24.7 Å². The highest BCUT2D eigenvalue weighted by molar-refractivity contribution is 7.91. The zero-order valence-electron chi connectivity index (χ0n) is 17.5. The number of likely N-dealkylation sites (N-methyl/N-ethyl adjacent to an activating group) is 1. The van der Waals surface area contributed by atoms with Gasteiger partial charge in [-0.3, -0.25) is 4.79 Å². The van der Waals surface area contributed by atoms with Crippen molar-refractivity contribution in [2.45, 2.75) is 19.4 Å². The van der Waals surface area contributed by atoms with Crippen LogP contribution in [-0.2, 0) is 19.4 Å². The van der Waals surface area contributed by atoms with E-state index in [1.807, 2.05) is 47.8 Å². The van der Waals surface area contributed by atoms with Gasteiger partial charge < -0.3 is 9.64 Å². The number of thiophene rings is 1. The van der Waals surface area contributed by atoms with Gasteiger partial charge in [-0.05, 0) is 36.9 Å². The fourth-order valence-electron chi connectivity index (χ4n) is 3.78. The van der Waals surface area contributed by atoms with E-state index in [1.165, 1.54) is 20.9 Å². The van der Waals surface area contributed by atoms with E-state index in [0.717, 1.165) is 4.88 Å². The molecule has 1 atom stereocenters. The predicted octanol–water partition coefficient (Wildman–Crippen LogP) is 2.79. The molecule has 0 N–H and O–H groups in total. The Morgan fingerprint density at radius 2 is 2.00 bits per heavy atom. The maximum absolute atomic E-state index is 12.9. The number of para-hydroxylation sites is 1. The number of hydrogen-bond donors (Lipinski definition) is 0. The van der Waals surface area contributed by atoms with Crippen molar-refractivity contribution < 1.29 is 22.7 Å². The van der Waals surface area contributed by atoms with Gasteiger partial charge in [-0.2, -0.15) is 5.10 Å². The first-order valence-corrected chi connectivity index (χ1v) is 12.9. The van der Waals surface area contributed by atoms with Crippen LogP contribution < -0.4 is 0 Å². The highest BCUT2D eigenvalue weighted by atomic mass is 32.2. The van der Waals surface area contributed by atoms with E-state index in [1.54, 1.807) is 13.0 Å². The first-order valence-electron chi connectivity index (χ1n) is 10.2. The number of aromatic nitrogens is 2. The lowest BCUT2D eigenvalue weighted by atomic mass is 10.2. The molecule has 0 radical (unpaired) electrons. The molecule has 1 amide bonds. The Balaban J connectivity index is 1.52. The molecule has 1 aliphatic rings. The number of esters is 1. The maximum atomic E-state index is 12.9. The van der Waals surface area contributed by atoms with Crippen LogP contribution in [0.5, 0.6) is 0 Å². The highest BCUT2D eigenvalue weighted by Gasteiger charge is 2.34. The average Bonchev–Trinajstić information content (AvgIpc) is 3.53. The molecule has 0 aliphatic carbocycles. The van der Waals surface area contributed by atoms with Crippen molar-refractivity contribution in [1.82, 2.24) is 14.7 Å². The summed E-state index contributed by atoms with van der Waals surface area (Å²) in [4.78, 5) is 28.0. The first kappa shape index (κ1) is 22.2. The Hall–Kier alpha value is -2.98. The molecule has 1 aliphatic heterocycles. The predicted molar refractivity (Wildman–Crippen MR) is 122 cm³/mol. The van der Waals surface area contributed by atoms with Crippen LogP contribution in [0.1, 0.15) is 23.8 Å². The van der Waals surface area contributed by atoms with Crippen LogP contribution in [0.3, 0.4) is 0 Å². The van der Waals surface area contributed by atoms with Crippen molar-refractivity contribution in [1.29, 1.82) is 0 Å². The summed E-state index contributed by atoms with van der Waals surface area (Å²) in [7, 11) is -3.13. The lowest BCUT2D eigenvalue weighted by Crippen LogP contribution is -2.43. The van der Waals surface area contributed by atoms with Crippen molar-refractivity contribution in [3.05, 3.63) is 59.6 Å². The molecular weight excluding hydrogens is 450 g/mol. The topological polar surface area (TPSA) is 98.6 Å². The zero-order valence-corrected chi connectivity index (χ0v) is 19.1. The van der Waals surface area contributed by atoms with Crippen LogP contribution in [0.25, 0.3) is 16.3 Å². The molecule has 1 unspecified atom stereocenters. The quantitative estimate of drug-likeness (QED) is 0.490. The molecule has 1 aromatic carbocycles. The van der Waals surface area contributed by atoms with Crippen LogP contribution in [0, 0.1) is 0 Å². The second-order valence-electron chi connectivity index (χ2n) is 7.45. The average molecular weight is 474 g/mol. The van der Waals surface area contributed by atoms with Gasteiger partial charge in [0.1, 0.15) is 5.69 Å². The van der Waals surface area contributed by atoms with E-state index in [2.05, 4.69) is 5.10 Å². The second-order valence-corrected chi connectivity index (χ2v) is 10.6. The number of nitrogens with zero attached hydrogens (tertiary/aromatic N) is 3. The van der Waals surface area contributed by atoms with Crippen molar-refractivity contribution in [3.8, 4) is 16.3 Å². The van der Waals surface area contributed by atoms with Gasteiger partial charge in [0.15, 0.2) is 22.1 Å². The van der Waals surface area contributed by atoms with Crippen LogP contribution in [0.2, 0.25) is 0 Å². The number of carbonyl (C=O) groups excluding carboxylic acids is 2. The molecule has 0 spiro atoms. The summed E-state index contributed by atoms with van der Waals surface area (Å²) in [5.74, 6) is -1.06. The van der Waals surface area contributed by atoms with Crippen molar-refractivity contribution >= 4 is 33.1 Å². The fraction of sp³-hybridized carbons (Fsp3) is 0.318. The molecule has 1 fully saturated rings. The number of carbonyl (C=O) groups is 2. The van der Waals surface area contributed by atoms with Gasteiger partial charge in [-0.25, -0.2) is 17.9 Å². The summed E-state index contributed by atoms with van der Waals surface area (Å²) in [5, 5.41) is 6.49. The number of sulfone groups is 1. The fourth-order valence-corrected chi connectivity index (χ4v) is 6.19. The van der Waals surface area contributed by atoms with Crippen LogP contribution in [0.15, 0.2) is 53.9 Å². The second kappa shape index (κ2) is 9.25. The molecule has 3 heterocycles. The molecule has 4 rings (SSSR count). The lowest BCUT2D eigenvalue weighted by Gasteiger charge is -2.26. The Labute approximate surface area is 190 Å². The number of ether oxygens (including phenoxy) is 1. The van der Waals surface area contributed by atoms with Gasteiger partial charge >= 0.3 is 5.97 Å². The summed E-state index contributed by atoms with van der Waals surface area (Å²) < 4.78 is 30.4. The Bertz CT molecular complexity index is 1200. The molecule has 10 heteroatoms. The maximum Gasteiger partial charge on any atom is 0.357 e. The normalized spacial score (nSPS) is 17.2. The van der Waals surface area contributed by atoms with Gasteiger partial charge in [-0.15, -0.1) is 11.3 Å². The zero-order chi connectivity index (χ0) is 22.7. The molecule has 0 bridgehead atoms. The van der Waals surface area contributed by atoms with Crippen LogP contribution >= 0.6 is 11.3 Å². The summed E-state index contributed by atoms with van der Waals surface area (Å²) in [6, 6.07) is 14.3. The third-order valence-corrected chi connectivity index (χ3v) is 7.97. The van der Waals surface area contributed by atoms with Crippen LogP contribution in [0.4, 0.5) is 0 Å². The first-order chi connectivity index (χ1) is 15.4. The van der Waals surface area contributed by atoms with Crippen molar-refractivity contribution in [2.24, 2.45) is 0 Å². The number of rotatable bonds is 7. The van der Waals surface area contributed by atoms with Gasteiger partial charge in [0.05, 0.1) is 22.1 Å². The minimum absolute atomic E-state index is 0.0501. The van der Waals surface area contributed by atoms with E-state index in [4.69, 9.17) is 4.74 Å². The highest BCUT2D eigenvalue weighted by Crippen LogP contribution is 2.26. The van der Waals surface area contributed by atoms with Gasteiger partial charge in [0, 0.05) is 18.7 Å². The molecule has 0 saturated carbocycles. The smallest absolute Gasteiger partial charge is 0.357 e. The lowest BCUT2D eigenvalue weighted by molar-refractivity contribution is -0.136. The largest absolute Gasteiger partial charge is 0.451 e. The van der Waals surface area contributed by atoms with Crippen LogP contribution in [-0.4, -0.2) is 65.7 Å².